The molecule has 3 nitrogen and oxygen atoms in total. The number of fused-ring (bicyclic) bond motifs is 3. The zero-order chi connectivity index (χ0) is 35.6. The molecule has 3 heterocycles. The Bertz CT molecular complexity index is 2220. The summed E-state index contributed by atoms with van der Waals surface area (Å²) in [5.41, 5.74) is 12.1. The predicted octanol–water partition coefficient (Wildman–Crippen LogP) is 12.2. The second-order valence-corrected chi connectivity index (χ2v) is 21.0. The van der Waals surface area contributed by atoms with Crippen molar-refractivity contribution in [3.63, 3.8) is 0 Å². The van der Waals surface area contributed by atoms with E-state index >= 15 is 0 Å². The fraction of sp³-hybridized carbons (Fsp3) is 0.261. The minimum atomic E-state index is -1.25. The first-order valence-corrected chi connectivity index (χ1v) is 21.1. The third-order valence-electron chi connectivity index (χ3n) is 9.04. The van der Waals surface area contributed by atoms with Gasteiger partial charge in [-0.1, -0.05) is 131 Å². The third kappa shape index (κ3) is 9.21. The SMILES string of the molecule is CC(C)c1c[c-]c(-c2ccc([Si](C)(C)C)cn2)cc1.Cc1ccc(-c2ccc3oc4c(-c5cc(CC(C)(C)C)ccn5)[c-]ccc4c3c2)cc1.[Ir]. The number of rotatable bonds is 6. The van der Waals surface area contributed by atoms with Gasteiger partial charge in [0.1, 0.15) is 5.58 Å². The molecule has 4 aromatic carbocycles. The Morgan fingerprint density at radius 2 is 1.51 bits per heavy atom. The normalized spacial score (nSPS) is 11.7. The van der Waals surface area contributed by atoms with E-state index in [1.165, 1.54) is 33.0 Å². The number of nitrogens with zero attached hydrogens (tertiary/aromatic N) is 2. The fourth-order valence-corrected chi connectivity index (χ4v) is 7.18. The van der Waals surface area contributed by atoms with E-state index in [-0.39, 0.29) is 25.5 Å². The van der Waals surface area contributed by atoms with Crippen molar-refractivity contribution in [2.75, 3.05) is 0 Å². The van der Waals surface area contributed by atoms with Crippen molar-refractivity contribution in [2.24, 2.45) is 5.41 Å². The van der Waals surface area contributed by atoms with Crippen molar-refractivity contribution in [3.05, 3.63) is 138 Å². The molecule has 0 spiro atoms. The molecule has 0 amide bonds. The van der Waals surface area contributed by atoms with E-state index in [2.05, 4.69) is 174 Å². The molecule has 263 valence electrons. The molecule has 0 aliphatic rings. The van der Waals surface area contributed by atoms with Gasteiger partial charge in [0.15, 0.2) is 0 Å². The smallest absolute Gasteiger partial charge is 0.120 e. The van der Waals surface area contributed by atoms with E-state index in [0.717, 1.165) is 50.9 Å². The number of hydrogen-bond donors (Lipinski definition) is 0. The molecule has 1 radical (unpaired) electrons. The number of aromatic nitrogens is 2. The number of furan rings is 1. The molecule has 5 heteroatoms. The summed E-state index contributed by atoms with van der Waals surface area (Å²) in [6, 6.07) is 40.8. The van der Waals surface area contributed by atoms with Gasteiger partial charge in [0.05, 0.1) is 13.7 Å². The van der Waals surface area contributed by atoms with Gasteiger partial charge in [-0.15, -0.1) is 53.6 Å². The molecular weight excluding hydrogens is 817 g/mol. The molecule has 0 atom stereocenters. The van der Waals surface area contributed by atoms with Gasteiger partial charge in [-0.3, -0.25) is 0 Å². The van der Waals surface area contributed by atoms with Gasteiger partial charge in [0.25, 0.3) is 0 Å². The Kier molecular flexibility index (Phi) is 11.7. The molecule has 0 aliphatic carbocycles. The van der Waals surface area contributed by atoms with Crippen LogP contribution >= 0.6 is 0 Å². The number of benzene rings is 4. The maximum absolute atomic E-state index is 6.32. The maximum atomic E-state index is 6.32. The van der Waals surface area contributed by atoms with Crippen molar-refractivity contribution in [1.29, 1.82) is 0 Å². The second kappa shape index (κ2) is 15.6. The Balaban J connectivity index is 0.000000218. The molecule has 0 N–H and O–H groups in total. The van der Waals surface area contributed by atoms with E-state index in [0.29, 0.717) is 5.92 Å². The third-order valence-corrected chi connectivity index (χ3v) is 11.1. The van der Waals surface area contributed by atoms with Crippen LogP contribution in [0, 0.1) is 24.5 Å². The monoisotopic (exact) mass is 865 g/mol. The fourth-order valence-electron chi connectivity index (χ4n) is 6.14. The van der Waals surface area contributed by atoms with Crippen LogP contribution in [0.4, 0.5) is 0 Å². The average Bonchev–Trinajstić information content (AvgIpc) is 3.46. The van der Waals surface area contributed by atoms with E-state index < -0.39 is 8.07 Å². The van der Waals surface area contributed by atoms with Crippen LogP contribution < -0.4 is 5.19 Å². The maximum Gasteiger partial charge on any atom is 0.120 e. The van der Waals surface area contributed by atoms with Crippen LogP contribution in [0.3, 0.4) is 0 Å². The zero-order valence-electron chi connectivity index (χ0n) is 31.3. The molecule has 51 heavy (non-hydrogen) atoms. The van der Waals surface area contributed by atoms with Gasteiger partial charge in [-0.05, 0) is 64.7 Å². The topological polar surface area (TPSA) is 38.9 Å². The number of aryl methyl sites for hydroxylation is 1. The van der Waals surface area contributed by atoms with Crippen LogP contribution in [0.15, 0.2) is 114 Å². The van der Waals surface area contributed by atoms with Crippen LogP contribution in [0.25, 0.3) is 55.6 Å². The summed E-state index contributed by atoms with van der Waals surface area (Å²) >= 11 is 0. The van der Waals surface area contributed by atoms with E-state index in [9.17, 15) is 0 Å². The molecule has 0 fully saturated rings. The van der Waals surface area contributed by atoms with Gasteiger partial charge in [-0.25, -0.2) is 0 Å². The molecule has 7 rings (SSSR count). The molecule has 0 bridgehead atoms. The molecule has 0 saturated heterocycles. The summed E-state index contributed by atoms with van der Waals surface area (Å²) in [5, 5.41) is 3.62. The molecular formula is C46H48IrN2OSi-2. The Morgan fingerprint density at radius 1 is 0.765 bits per heavy atom. The van der Waals surface area contributed by atoms with E-state index in [1.807, 2.05) is 18.5 Å². The summed E-state index contributed by atoms with van der Waals surface area (Å²) in [6.07, 6.45) is 4.92. The Morgan fingerprint density at radius 3 is 2.14 bits per heavy atom. The van der Waals surface area contributed by atoms with Crippen molar-refractivity contribution >= 4 is 35.2 Å². The Labute approximate surface area is 319 Å². The molecule has 0 saturated carbocycles. The average molecular weight is 865 g/mol. The molecule has 3 aromatic heterocycles. The van der Waals surface area contributed by atoms with Crippen molar-refractivity contribution < 1.29 is 24.5 Å². The van der Waals surface area contributed by atoms with Gasteiger partial charge in [0.2, 0.25) is 0 Å². The zero-order valence-corrected chi connectivity index (χ0v) is 34.7. The molecule has 0 unspecified atom stereocenters. The summed E-state index contributed by atoms with van der Waals surface area (Å²) in [5.74, 6) is 0.549. The van der Waals surface area contributed by atoms with Gasteiger partial charge >= 0.3 is 0 Å². The number of hydrogen-bond acceptors (Lipinski definition) is 3. The van der Waals surface area contributed by atoms with Crippen LogP contribution in [0.5, 0.6) is 0 Å². The summed E-state index contributed by atoms with van der Waals surface area (Å²) < 4.78 is 6.32. The first-order valence-electron chi connectivity index (χ1n) is 17.6. The van der Waals surface area contributed by atoms with Crippen molar-refractivity contribution in [3.8, 4) is 33.6 Å². The summed E-state index contributed by atoms with van der Waals surface area (Å²) in [4.78, 5) is 9.24. The number of pyridine rings is 2. The van der Waals surface area contributed by atoms with Gasteiger partial charge < -0.3 is 14.4 Å². The van der Waals surface area contributed by atoms with Gasteiger partial charge in [0, 0.05) is 37.9 Å². The van der Waals surface area contributed by atoms with E-state index in [4.69, 9.17) is 4.42 Å². The van der Waals surface area contributed by atoms with Crippen LogP contribution in [-0.2, 0) is 26.5 Å². The summed E-state index contributed by atoms with van der Waals surface area (Å²) in [6.45, 7) is 20.3. The quantitative estimate of drug-likeness (QED) is 0.123. The van der Waals surface area contributed by atoms with Crippen LogP contribution in [0.2, 0.25) is 19.6 Å². The van der Waals surface area contributed by atoms with Crippen molar-refractivity contribution in [2.45, 2.75) is 73.5 Å². The minimum Gasteiger partial charge on any atom is -0.501 e. The minimum absolute atomic E-state index is 0. The summed E-state index contributed by atoms with van der Waals surface area (Å²) in [7, 11) is -1.25. The first-order chi connectivity index (χ1) is 23.7. The standard InChI is InChI=1S/C29H26NO.C17H22NSi.Ir/c1-19-8-10-21(11-9-19)22-12-13-27-25(17-22)23-6-5-7-24(28(23)31-27)26-16-20(14-15-30-26)18-29(2,3)4;1-13(2)14-6-8-15(9-7-14)17-11-10-16(12-18-17)19(3,4)5;/h5-6,8-17H,18H2,1-4H3;6-8,10-13H,1-5H3;/q2*-1;. The van der Waals surface area contributed by atoms with Crippen LogP contribution in [-0.4, -0.2) is 18.0 Å². The first kappa shape index (κ1) is 38.1. The molecule has 7 aromatic rings. The predicted molar refractivity (Wildman–Crippen MR) is 215 cm³/mol. The van der Waals surface area contributed by atoms with Crippen LogP contribution in [0.1, 0.15) is 57.2 Å². The largest absolute Gasteiger partial charge is 0.501 e. The Hall–Kier alpha value is -4.15. The molecule has 0 aliphatic heterocycles. The second-order valence-electron chi connectivity index (χ2n) is 15.9. The van der Waals surface area contributed by atoms with E-state index in [1.54, 1.807) is 0 Å². The van der Waals surface area contributed by atoms with Gasteiger partial charge in [-0.2, -0.15) is 0 Å². The van der Waals surface area contributed by atoms with Crippen molar-refractivity contribution in [1.82, 2.24) is 9.97 Å².